The summed E-state index contributed by atoms with van der Waals surface area (Å²) in [5, 5.41) is 5.77. The molecule has 86 valence electrons. The van der Waals surface area contributed by atoms with Crippen molar-refractivity contribution in [1.82, 2.24) is 5.32 Å². The maximum Gasteiger partial charge on any atom is 0.319 e. The van der Waals surface area contributed by atoms with E-state index in [1.807, 2.05) is 32.0 Å². The fraction of sp³-hybridized carbons (Fsp3) is 0.462. The lowest BCUT2D eigenvalue weighted by molar-refractivity contribution is 0.251. The van der Waals surface area contributed by atoms with Crippen LogP contribution in [0.15, 0.2) is 18.2 Å². The predicted molar refractivity (Wildman–Crippen MR) is 65.7 cm³/mol. The number of aryl methyl sites for hydroxylation is 1. The quantitative estimate of drug-likeness (QED) is 0.804. The lowest BCUT2D eigenvalue weighted by Crippen LogP contribution is -2.30. The van der Waals surface area contributed by atoms with Crippen molar-refractivity contribution >= 4 is 11.7 Å². The van der Waals surface area contributed by atoms with E-state index < -0.39 is 0 Å². The molecule has 1 aliphatic carbocycles. The molecular weight excluding hydrogens is 200 g/mol. The van der Waals surface area contributed by atoms with Gasteiger partial charge in [0.05, 0.1) is 0 Å². The summed E-state index contributed by atoms with van der Waals surface area (Å²) in [5.41, 5.74) is 3.22. The van der Waals surface area contributed by atoms with E-state index in [9.17, 15) is 4.79 Å². The molecule has 2 N–H and O–H groups in total. The van der Waals surface area contributed by atoms with Crippen LogP contribution < -0.4 is 10.6 Å². The standard InChI is InChI=1S/C13H18N2O/c1-9-4-3-5-12(10(9)2)15-13(16)14-8-11-6-7-11/h3-5,11H,6-8H2,1-2H3,(H2,14,15,16). The summed E-state index contributed by atoms with van der Waals surface area (Å²) in [6, 6.07) is 5.83. The second-order valence-electron chi connectivity index (χ2n) is 4.53. The smallest absolute Gasteiger partial charge is 0.319 e. The normalized spacial score (nSPS) is 14.6. The number of nitrogens with one attached hydrogen (secondary N) is 2. The van der Waals surface area contributed by atoms with Gasteiger partial charge in [-0.2, -0.15) is 0 Å². The topological polar surface area (TPSA) is 41.1 Å². The van der Waals surface area contributed by atoms with E-state index in [1.54, 1.807) is 0 Å². The Labute approximate surface area is 96.2 Å². The second kappa shape index (κ2) is 4.56. The Kier molecular flexibility index (Phi) is 3.13. The number of hydrogen-bond donors (Lipinski definition) is 2. The highest BCUT2D eigenvalue weighted by Gasteiger charge is 2.21. The maximum absolute atomic E-state index is 11.6. The van der Waals surface area contributed by atoms with Crippen molar-refractivity contribution in [3.63, 3.8) is 0 Å². The highest BCUT2D eigenvalue weighted by molar-refractivity contribution is 5.90. The molecule has 1 fully saturated rings. The lowest BCUT2D eigenvalue weighted by Gasteiger charge is -2.11. The molecule has 1 aliphatic rings. The van der Waals surface area contributed by atoms with E-state index in [4.69, 9.17) is 0 Å². The number of carbonyl (C=O) groups excluding carboxylic acids is 1. The summed E-state index contributed by atoms with van der Waals surface area (Å²) in [4.78, 5) is 11.6. The number of carbonyl (C=O) groups is 1. The molecule has 0 aliphatic heterocycles. The number of benzene rings is 1. The van der Waals surface area contributed by atoms with Gasteiger partial charge in [0.15, 0.2) is 0 Å². The van der Waals surface area contributed by atoms with Gasteiger partial charge < -0.3 is 10.6 Å². The minimum absolute atomic E-state index is 0.0967. The fourth-order valence-electron chi connectivity index (χ4n) is 1.61. The van der Waals surface area contributed by atoms with Crippen LogP contribution in [-0.4, -0.2) is 12.6 Å². The maximum atomic E-state index is 11.6. The minimum atomic E-state index is -0.0967. The van der Waals surface area contributed by atoms with Crippen molar-refractivity contribution in [3.05, 3.63) is 29.3 Å². The SMILES string of the molecule is Cc1cccc(NC(=O)NCC2CC2)c1C. The van der Waals surface area contributed by atoms with Gasteiger partial charge >= 0.3 is 6.03 Å². The monoisotopic (exact) mass is 218 g/mol. The molecule has 3 nitrogen and oxygen atoms in total. The number of anilines is 1. The van der Waals surface area contributed by atoms with E-state index in [0.717, 1.165) is 17.8 Å². The van der Waals surface area contributed by atoms with Crippen LogP contribution in [0, 0.1) is 19.8 Å². The van der Waals surface area contributed by atoms with Crippen LogP contribution in [-0.2, 0) is 0 Å². The van der Waals surface area contributed by atoms with E-state index in [1.165, 1.54) is 18.4 Å². The number of rotatable bonds is 3. The van der Waals surface area contributed by atoms with Crippen LogP contribution in [0.25, 0.3) is 0 Å². The molecule has 0 aromatic heterocycles. The molecular formula is C13H18N2O. The van der Waals surface area contributed by atoms with Crippen LogP contribution in [0.3, 0.4) is 0 Å². The molecule has 0 unspecified atom stereocenters. The molecule has 2 rings (SSSR count). The fourth-order valence-corrected chi connectivity index (χ4v) is 1.61. The first-order chi connectivity index (χ1) is 7.66. The average molecular weight is 218 g/mol. The average Bonchev–Trinajstić information content (AvgIpc) is 3.06. The summed E-state index contributed by atoms with van der Waals surface area (Å²) in [6.07, 6.45) is 2.51. The summed E-state index contributed by atoms with van der Waals surface area (Å²) < 4.78 is 0. The first kappa shape index (κ1) is 11.0. The Morgan fingerprint density at radius 2 is 2.12 bits per heavy atom. The van der Waals surface area contributed by atoms with Gasteiger partial charge in [0.25, 0.3) is 0 Å². The van der Waals surface area contributed by atoms with Crippen molar-refractivity contribution in [2.75, 3.05) is 11.9 Å². The predicted octanol–water partition coefficient (Wildman–Crippen LogP) is 2.83. The van der Waals surface area contributed by atoms with Crippen molar-refractivity contribution in [2.24, 2.45) is 5.92 Å². The zero-order chi connectivity index (χ0) is 11.5. The first-order valence-electron chi connectivity index (χ1n) is 5.78. The molecule has 0 bridgehead atoms. The molecule has 1 aromatic carbocycles. The molecule has 0 saturated heterocycles. The van der Waals surface area contributed by atoms with Gasteiger partial charge in [-0.05, 0) is 49.8 Å². The van der Waals surface area contributed by atoms with Gasteiger partial charge in [0, 0.05) is 12.2 Å². The Bertz CT molecular complexity index is 397. The number of urea groups is 1. The lowest BCUT2D eigenvalue weighted by atomic mass is 10.1. The Hall–Kier alpha value is -1.51. The van der Waals surface area contributed by atoms with Gasteiger partial charge in [-0.1, -0.05) is 12.1 Å². The molecule has 1 aromatic rings. The van der Waals surface area contributed by atoms with Gasteiger partial charge in [-0.25, -0.2) is 4.79 Å². The summed E-state index contributed by atoms with van der Waals surface area (Å²) >= 11 is 0. The van der Waals surface area contributed by atoms with Crippen LogP contribution in [0.1, 0.15) is 24.0 Å². The highest BCUT2D eigenvalue weighted by Crippen LogP contribution is 2.27. The van der Waals surface area contributed by atoms with E-state index >= 15 is 0 Å². The molecule has 16 heavy (non-hydrogen) atoms. The number of amides is 2. The molecule has 0 atom stereocenters. The molecule has 1 saturated carbocycles. The van der Waals surface area contributed by atoms with Crippen molar-refractivity contribution < 1.29 is 4.79 Å². The zero-order valence-electron chi connectivity index (χ0n) is 9.84. The third kappa shape index (κ3) is 2.75. The Morgan fingerprint density at radius 1 is 1.38 bits per heavy atom. The Morgan fingerprint density at radius 3 is 2.81 bits per heavy atom. The third-order valence-electron chi connectivity index (χ3n) is 3.10. The summed E-state index contributed by atoms with van der Waals surface area (Å²) in [7, 11) is 0. The third-order valence-corrected chi connectivity index (χ3v) is 3.10. The van der Waals surface area contributed by atoms with Crippen molar-refractivity contribution in [3.8, 4) is 0 Å². The van der Waals surface area contributed by atoms with Gasteiger partial charge in [-0.3, -0.25) is 0 Å². The van der Waals surface area contributed by atoms with E-state index in [-0.39, 0.29) is 6.03 Å². The van der Waals surface area contributed by atoms with Crippen LogP contribution in [0.2, 0.25) is 0 Å². The van der Waals surface area contributed by atoms with Gasteiger partial charge in [0.1, 0.15) is 0 Å². The molecule has 0 radical (unpaired) electrons. The van der Waals surface area contributed by atoms with Crippen LogP contribution in [0.4, 0.5) is 10.5 Å². The second-order valence-corrected chi connectivity index (χ2v) is 4.53. The molecule has 3 heteroatoms. The van der Waals surface area contributed by atoms with E-state index in [0.29, 0.717) is 5.92 Å². The summed E-state index contributed by atoms with van der Waals surface area (Å²) in [5.74, 6) is 0.712. The largest absolute Gasteiger partial charge is 0.338 e. The minimum Gasteiger partial charge on any atom is -0.338 e. The van der Waals surface area contributed by atoms with E-state index in [2.05, 4.69) is 10.6 Å². The number of hydrogen-bond acceptors (Lipinski definition) is 1. The van der Waals surface area contributed by atoms with Crippen LogP contribution in [0.5, 0.6) is 0 Å². The molecule has 0 spiro atoms. The van der Waals surface area contributed by atoms with Gasteiger partial charge in [0.2, 0.25) is 0 Å². The van der Waals surface area contributed by atoms with Gasteiger partial charge in [-0.15, -0.1) is 0 Å². The zero-order valence-corrected chi connectivity index (χ0v) is 9.84. The Balaban J connectivity index is 1.91. The molecule has 0 heterocycles. The summed E-state index contributed by atoms with van der Waals surface area (Å²) in [6.45, 7) is 4.87. The van der Waals surface area contributed by atoms with Crippen LogP contribution >= 0.6 is 0 Å². The van der Waals surface area contributed by atoms with Crippen molar-refractivity contribution in [1.29, 1.82) is 0 Å². The highest BCUT2D eigenvalue weighted by atomic mass is 16.2. The first-order valence-corrected chi connectivity index (χ1v) is 5.78. The van der Waals surface area contributed by atoms with Crippen molar-refractivity contribution in [2.45, 2.75) is 26.7 Å². The molecule has 2 amide bonds.